The fourth-order valence-electron chi connectivity index (χ4n) is 1.84. The van der Waals surface area contributed by atoms with Gasteiger partial charge in [-0.05, 0) is 36.3 Å². The molecule has 0 aliphatic carbocycles. The highest BCUT2D eigenvalue weighted by Gasteiger charge is 2.18. The van der Waals surface area contributed by atoms with Gasteiger partial charge in [-0.1, -0.05) is 19.9 Å². The van der Waals surface area contributed by atoms with E-state index in [1.807, 2.05) is 0 Å². The molecule has 0 aliphatic heterocycles. The predicted molar refractivity (Wildman–Crippen MR) is 83.3 cm³/mol. The molecule has 0 radical (unpaired) electrons. The van der Waals surface area contributed by atoms with Crippen molar-refractivity contribution in [2.24, 2.45) is 0 Å². The summed E-state index contributed by atoms with van der Waals surface area (Å²) >= 11 is 0. The molecule has 21 heavy (non-hydrogen) atoms. The third-order valence-corrected chi connectivity index (χ3v) is 4.63. The Hall–Kier alpha value is -1.86. The van der Waals surface area contributed by atoms with E-state index in [9.17, 15) is 13.2 Å². The molecule has 0 atom stereocenters. The van der Waals surface area contributed by atoms with Gasteiger partial charge in [0.05, 0.1) is 5.69 Å². The van der Waals surface area contributed by atoms with Gasteiger partial charge in [0.2, 0.25) is 0 Å². The largest absolute Gasteiger partial charge is 0.478 e. The molecule has 0 amide bonds. The summed E-state index contributed by atoms with van der Waals surface area (Å²) in [6.45, 7) is 6.09. The second kappa shape index (κ2) is 7.24. The molecule has 0 spiro atoms. The van der Waals surface area contributed by atoms with Crippen LogP contribution >= 0.6 is 0 Å². The molecule has 1 rings (SSSR count). The van der Waals surface area contributed by atoms with Gasteiger partial charge in [0.15, 0.2) is 0 Å². The van der Waals surface area contributed by atoms with Crippen LogP contribution in [0.4, 0.5) is 5.69 Å². The predicted octanol–water partition coefficient (Wildman–Crippen LogP) is 2.09. The fourth-order valence-corrected chi connectivity index (χ4v) is 3.16. The van der Waals surface area contributed by atoms with E-state index in [2.05, 4.69) is 4.72 Å². The molecule has 0 unspecified atom stereocenters. The molecule has 1 aromatic carbocycles. The van der Waals surface area contributed by atoms with Gasteiger partial charge < -0.3 is 5.11 Å². The first kappa shape index (κ1) is 17.2. The van der Waals surface area contributed by atoms with E-state index in [4.69, 9.17) is 5.11 Å². The zero-order valence-electron chi connectivity index (χ0n) is 12.3. The van der Waals surface area contributed by atoms with Gasteiger partial charge in [-0.15, -0.1) is 0 Å². The van der Waals surface area contributed by atoms with Gasteiger partial charge in [0, 0.05) is 19.2 Å². The Kier molecular flexibility index (Phi) is 5.92. The minimum atomic E-state index is -3.57. The van der Waals surface area contributed by atoms with Gasteiger partial charge in [0.25, 0.3) is 0 Å². The number of rotatable bonds is 7. The third kappa shape index (κ3) is 4.87. The van der Waals surface area contributed by atoms with Crippen molar-refractivity contribution in [3.05, 3.63) is 35.4 Å². The molecular weight excluding hydrogens is 292 g/mol. The lowest BCUT2D eigenvalue weighted by atomic mass is 10.1. The first-order valence-electron chi connectivity index (χ1n) is 6.59. The van der Waals surface area contributed by atoms with Crippen LogP contribution in [0.15, 0.2) is 24.3 Å². The normalized spacial score (nSPS) is 12.0. The molecular formula is C14H20N2O4S. The SMILES string of the molecule is CCN(CC)S(=O)(=O)Nc1ccc(C=CC(=O)O)cc1C. The summed E-state index contributed by atoms with van der Waals surface area (Å²) in [5.41, 5.74) is 1.90. The number of hydrogen-bond acceptors (Lipinski definition) is 3. The highest BCUT2D eigenvalue weighted by atomic mass is 32.2. The lowest BCUT2D eigenvalue weighted by Crippen LogP contribution is -2.35. The molecule has 0 bridgehead atoms. The van der Waals surface area contributed by atoms with Crippen molar-refractivity contribution in [2.45, 2.75) is 20.8 Å². The number of aliphatic carboxylic acids is 1. The van der Waals surface area contributed by atoms with Crippen LogP contribution in [-0.2, 0) is 15.0 Å². The first-order chi connectivity index (χ1) is 9.80. The molecule has 6 nitrogen and oxygen atoms in total. The minimum Gasteiger partial charge on any atom is -0.478 e. The zero-order valence-corrected chi connectivity index (χ0v) is 13.1. The van der Waals surface area contributed by atoms with E-state index in [0.717, 1.165) is 11.6 Å². The number of carbonyl (C=O) groups is 1. The summed E-state index contributed by atoms with van der Waals surface area (Å²) < 4.78 is 28.1. The van der Waals surface area contributed by atoms with Crippen LogP contribution in [0.5, 0.6) is 0 Å². The summed E-state index contributed by atoms with van der Waals surface area (Å²) in [6.07, 6.45) is 2.49. The highest BCUT2D eigenvalue weighted by Crippen LogP contribution is 2.19. The Morgan fingerprint density at radius 1 is 1.33 bits per heavy atom. The van der Waals surface area contributed by atoms with Crippen LogP contribution in [0, 0.1) is 6.92 Å². The maximum Gasteiger partial charge on any atom is 0.328 e. The second-order valence-electron chi connectivity index (χ2n) is 4.44. The number of anilines is 1. The third-order valence-electron chi connectivity index (χ3n) is 2.95. The van der Waals surface area contributed by atoms with Crippen molar-refractivity contribution >= 4 is 27.9 Å². The number of carboxylic acids is 1. The number of carboxylic acid groups (broad SMARTS) is 1. The first-order valence-corrected chi connectivity index (χ1v) is 8.03. The van der Waals surface area contributed by atoms with E-state index >= 15 is 0 Å². The molecule has 0 saturated heterocycles. The summed E-state index contributed by atoms with van der Waals surface area (Å²) in [5.74, 6) is -1.03. The average Bonchev–Trinajstić information content (AvgIpc) is 2.40. The average molecular weight is 312 g/mol. The van der Waals surface area contributed by atoms with Crippen LogP contribution in [0.1, 0.15) is 25.0 Å². The van der Waals surface area contributed by atoms with Crippen molar-refractivity contribution in [2.75, 3.05) is 17.8 Å². The van der Waals surface area contributed by atoms with Crippen molar-refractivity contribution < 1.29 is 18.3 Å². The Bertz CT molecular complexity index is 634. The van der Waals surface area contributed by atoms with E-state index in [1.165, 1.54) is 10.4 Å². The maximum absolute atomic E-state index is 12.1. The lowest BCUT2D eigenvalue weighted by molar-refractivity contribution is -0.131. The standard InChI is InChI=1S/C14H20N2O4S/c1-4-16(5-2)21(19,20)15-13-8-6-12(10-11(13)3)7-9-14(17)18/h6-10,15H,4-5H2,1-3H3,(H,17,18). The van der Waals surface area contributed by atoms with Crippen molar-refractivity contribution in [3.8, 4) is 0 Å². The van der Waals surface area contributed by atoms with E-state index in [0.29, 0.717) is 24.3 Å². The van der Waals surface area contributed by atoms with Crippen LogP contribution in [0.25, 0.3) is 6.08 Å². The van der Waals surface area contributed by atoms with Gasteiger partial charge >= 0.3 is 16.2 Å². The quantitative estimate of drug-likeness (QED) is 0.755. The number of aryl methyl sites for hydroxylation is 1. The number of nitrogens with one attached hydrogen (secondary N) is 1. The van der Waals surface area contributed by atoms with E-state index in [-0.39, 0.29) is 0 Å². The second-order valence-corrected chi connectivity index (χ2v) is 6.11. The Morgan fingerprint density at radius 2 is 1.95 bits per heavy atom. The molecule has 2 N–H and O–H groups in total. The Balaban J connectivity index is 2.98. The van der Waals surface area contributed by atoms with Crippen LogP contribution in [-0.4, -0.2) is 36.9 Å². The minimum absolute atomic E-state index is 0.393. The summed E-state index contributed by atoms with van der Waals surface area (Å²) in [4.78, 5) is 10.5. The molecule has 0 fully saturated rings. The molecule has 1 aromatic rings. The van der Waals surface area contributed by atoms with Gasteiger partial charge in [-0.3, -0.25) is 4.72 Å². The molecule has 116 valence electrons. The Labute approximate surface area is 125 Å². The van der Waals surface area contributed by atoms with E-state index < -0.39 is 16.2 Å². The summed E-state index contributed by atoms with van der Waals surface area (Å²) in [6, 6.07) is 5.00. The number of benzene rings is 1. The van der Waals surface area contributed by atoms with Crippen LogP contribution in [0.3, 0.4) is 0 Å². The molecule has 0 aromatic heterocycles. The molecule has 0 heterocycles. The zero-order chi connectivity index (χ0) is 16.0. The highest BCUT2D eigenvalue weighted by molar-refractivity contribution is 7.90. The molecule has 7 heteroatoms. The Morgan fingerprint density at radius 3 is 2.43 bits per heavy atom. The monoisotopic (exact) mass is 312 g/mol. The number of hydrogen-bond donors (Lipinski definition) is 2. The van der Waals surface area contributed by atoms with Crippen LogP contribution < -0.4 is 4.72 Å². The molecule has 0 aliphatic rings. The molecule has 0 saturated carbocycles. The van der Waals surface area contributed by atoms with E-state index in [1.54, 1.807) is 39.0 Å². The summed E-state index contributed by atoms with van der Waals surface area (Å²) in [7, 11) is -3.57. The van der Waals surface area contributed by atoms with Crippen LogP contribution in [0.2, 0.25) is 0 Å². The van der Waals surface area contributed by atoms with Crippen molar-refractivity contribution in [1.82, 2.24) is 4.31 Å². The lowest BCUT2D eigenvalue weighted by Gasteiger charge is -2.20. The maximum atomic E-state index is 12.1. The van der Waals surface area contributed by atoms with Crippen molar-refractivity contribution in [3.63, 3.8) is 0 Å². The fraction of sp³-hybridized carbons (Fsp3) is 0.357. The number of nitrogens with zero attached hydrogens (tertiary/aromatic N) is 1. The van der Waals surface area contributed by atoms with Gasteiger partial charge in [-0.25, -0.2) is 4.79 Å². The summed E-state index contributed by atoms with van der Waals surface area (Å²) in [5, 5.41) is 8.58. The van der Waals surface area contributed by atoms with Gasteiger partial charge in [0.1, 0.15) is 0 Å². The van der Waals surface area contributed by atoms with Crippen molar-refractivity contribution in [1.29, 1.82) is 0 Å². The smallest absolute Gasteiger partial charge is 0.328 e. The van der Waals surface area contributed by atoms with Gasteiger partial charge in [-0.2, -0.15) is 12.7 Å². The topological polar surface area (TPSA) is 86.7 Å².